The van der Waals surface area contributed by atoms with Crippen molar-refractivity contribution in [2.24, 2.45) is 4.99 Å². The van der Waals surface area contributed by atoms with E-state index in [2.05, 4.69) is 4.99 Å². The molecule has 0 bridgehead atoms. The van der Waals surface area contributed by atoms with E-state index in [9.17, 15) is 14.9 Å². The maximum Gasteiger partial charge on any atom is 0.282 e. The van der Waals surface area contributed by atoms with E-state index in [4.69, 9.17) is 19.7 Å². The Hall–Kier alpha value is -4.47. The van der Waals surface area contributed by atoms with Gasteiger partial charge < -0.3 is 14.3 Å². The van der Waals surface area contributed by atoms with E-state index in [-0.39, 0.29) is 29.5 Å². The molecule has 2 aliphatic rings. The van der Waals surface area contributed by atoms with Crippen LogP contribution in [0.3, 0.4) is 0 Å². The second-order valence-corrected chi connectivity index (χ2v) is 6.94. The molecule has 1 N–H and O–H groups in total. The van der Waals surface area contributed by atoms with E-state index >= 15 is 0 Å². The lowest BCUT2D eigenvalue weighted by Gasteiger charge is -2.23. The minimum atomic E-state index is -0.534. The summed E-state index contributed by atoms with van der Waals surface area (Å²) in [5, 5.41) is 20.2. The largest absolute Gasteiger partial charge is 0.493 e. The quantitative estimate of drug-likeness (QED) is 0.418. The van der Waals surface area contributed by atoms with Crippen LogP contribution in [0.1, 0.15) is 18.1 Å². The standard InChI is InChI=1S/C22H18N4O6/c1-13-9-20-24-22(27)17(21(23)25(20)32-13)10-15-5-8-18(19(11-15)30-2)31-12-14-3-6-16(7-4-14)26(28)29/h3-11,23H,12H2,1-2H3/b17-10+,23-21?. The van der Waals surface area contributed by atoms with Crippen LogP contribution in [0.15, 0.2) is 64.9 Å². The number of carbonyl (C=O) groups is 1. The summed E-state index contributed by atoms with van der Waals surface area (Å²) >= 11 is 0. The normalized spacial score (nSPS) is 16.3. The topological polar surface area (TPSA) is 127 Å². The van der Waals surface area contributed by atoms with Crippen molar-refractivity contribution in [1.29, 1.82) is 5.41 Å². The summed E-state index contributed by atoms with van der Waals surface area (Å²) in [6.07, 6.45) is 3.12. The molecule has 0 atom stereocenters. The van der Waals surface area contributed by atoms with Crippen LogP contribution in [0, 0.1) is 15.5 Å². The third-order valence-electron chi connectivity index (χ3n) is 4.72. The van der Waals surface area contributed by atoms with E-state index < -0.39 is 10.8 Å². The molecule has 4 rings (SSSR count). The number of ether oxygens (including phenoxy) is 2. The number of amides is 1. The first kappa shape index (κ1) is 20.8. The zero-order valence-electron chi connectivity index (χ0n) is 17.2. The van der Waals surface area contributed by atoms with Crippen LogP contribution in [-0.2, 0) is 16.2 Å². The predicted octanol–water partition coefficient (Wildman–Crippen LogP) is 3.63. The van der Waals surface area contributed by atoms with Crippen LogP contribution in [0.4, 0.5) is 5.69 Å². The Morgan fingerprint density at radius 1 is 1.22 bits per heavy atom. The number of nitrogens with zero attached hydrogens (tertiary/aromatic N) is 3. The minimum Gasteiger partial charge on any atom is -0.493 e. The number of non-ortho nitro benzene ring substituents is 1. The summed E-state index contributed by atoms with van der Waals surface area (Å²) in [5.74, 6) is 1.07. The lowest BCUT2D eigenvalue weighted by atomic mass is 10.1. The summed E-state index contributed by atoms with van der Waals surface area (Å²) in [6, 6.07) is 11.1. The van der Waals surface area contributed by atoms with Crippen LogP contribution in [0.2, 0.25) is 0 Å². The molecule has 2 aromatic rings. The van der Waals surface area contributed by atoms with E-state index in [0.717, 1.165) is 5.56 Å². The predicted molar refractivity (Wildman–Crippen MR) is 115 cm³/mol. The van der Waals surface area contributed by atoms with Crippen LogP contribution >= 0.6 is 0 Å². The number of fused-ring (bicyclic) bond motifs is 1. The SMILES string of the molecule is COc1cc(/C=C2\C(=N)N3OC(C)=CC3=NC2=O)ccc1OCc1ccc([N+](=O)[O-])cc1. The average Bonchev–Trinajstić information content (AvgIpc) is 3.16. The zero-order chi connectivity index (χ0) is 22.8. The minimum absolute atomic E-state index is 0.00766. The molecule has 0 spiro atoms. The van der Waals surface area contributed by atoms with Crippen molar-refractivity contribution in [3.8, 4) is 11.5 Å². The van der Waals surface area contributed by atoms with Gasteiger partial charge in [0.05, 0.1) is 17.6 Å². The van der Waals surface area contributed by atoms with Gasteiger partial charge in [-0.1, -0.05) is 6.07 Å². The number of amidine groups is 2. The molecule has 162 valence electrons. The van der Waals surface area contributed by atoms with Gasteiger partial charge in [0.15, 0.2) is 23.2 Å². The van der Waals surface area contributed by atoms with E-state index in [0.29, 0.717) is 22.8 Å². The fourth-order valence-electron chi connectivity index (χ4n) is 3.14. The fraction of sp³-hybridized carbons (Fsp3) is 0.136. The number of rotatable bonds is 6. The second kappa shape index (κ2) is 8.34. The van der Waals surface area contributed by atoms with Gasteiger partial charge in [-0.15, -0.1) is 5.06 Å². The lowest BCUT2D eigenvalue weighted by molar-refractivity contribution is -0.384. The second-order valence-electron chi connectivity index (χ2n) is 6.94. The first-order valence-corrected chi connectivity index (χ1v) is 9.50. The van der Waals surface area contributed by atoms with Crippen molar-refractivity contribution in [2.75, 3.05) is 7.11 Å². The highest BCUT2D eigenvalue weighted by molar-refractivity contribution is 6.32. The van der Waals surface area contributed by atoms with E-state index in [1.165, 1.54) is 30.4 Å². The number of hydroxylamine groups is 2. The molecule has 0 fully saturated rings. The number of aliphatic imine (C=N–C) groups is 1. The van der Waals surface area contributed by atoms with Crippen molar-refractivity contribution in [1.82, 2.24) is 5.06 Å². The van der Waals surface area contributed by atoms with Gasteiger partial charge in [0, 0.05) is 18.2 Å². The first-order chi connectivity index (χ1) is 15.4. The molecule has 10 heteroatoms. The Balaban J connectivity index is 1.52. The third-order valence-corrected chi connectivity index (χ3v) is 4.72. The van der Waals surface area contributed by atoms with Gasteiger partial charge >= 0.3 is 0 Å². The molecule has 1 amide bonds. The highest BCUT2D eigenvalue weighted by Gasteiger charge is 2.34. The number of allylic oxidation sites excluding steroid dienone is 1. The number of methoxy groups -OCH3 is 1. The summed E-state index contributed by atoms with van der Waals surface area (Å²) in [4.78, 5) is 32.1. The molecule has 2 aromatic carbocycles. The third kappa shape index (κ3) is 4.06. The molecule has 2 heterocycles. The smallest absolute Gasteiger partial charge is 0.282 e. The Kier molecular flexibility index (Phi) is 5.42. The number of nitro benzene ring substituents is 1. The number of hydrogen-bond acceptors (Lipinski definition) is 7. The summed E-state index contributed by atoms with van der Waals surface area (Å²) in [7, 11) is 1.49. The van der Waals surface area contributed by atoms with Crippen molar-refractivity contribution >= 4 is 29.3 Å². The van der Waals surface area contributed by atoms with Gasteiger partial charge in [-0.3, -0.25) is 20.3 Å². The monoisotopic (exact) mass is 434 g/mol. The maximum atomic E-state index is 12.4. The van der Waals surface area contributed by atoms with Crippen LogP contribution < -0.4 is 9.47 Å². The maximum absolute atomic E-state index is 12.4. The van der Waals surface area contributed by atoms with Crippen LogP contribution in [0.25, 0.3) is 6.08 Å². The number of hydrogen-bond donors (Lipinski definition) is 1. The number of nitrogens with one attached hydrogen (secondary N) is 1. The van der Waals surface area contributed by atoms with E-state index in [1.54, 1.807) is 43.3 Å². The fourth-order valence-corrected chi connectivity index (χ4v) is 3.14. The molecular weight excluding hydrogens is 416 g/mol. The van der Waals surface area contributed by atoms with Crippen LogP contribution in [-0.4, -0.2) is 34.7 Å². The van der Waals surface area contributed by atoms with Gasteiger partial charge in [-0.2, -0.15) is 4.99 Å². The molecule has 32 heavy (non-hydrogen) atoms. The molecule has 10 nitrogen and oxygen atoms in total. The van der Waals surface area contributed by atoms with Crippen molar-refractivity contribution in [3.05, 3.63) is 81.1 Å². The number of benzene rings is 2. The van der Waals surface area contributed by atoms with Crippen molar-refractivity contribution in [3.63, 3.8) is 0 Å². The van der Waals surface area contributed by atoms with Crippen LogP contribution in [0.5, 0.6) is 11.5 Å². The Morgan fingerprint density at radius 3 is 2.66 bits per heavy atom. The Labute approximate surface area is 182 Å². The molecule has 0 saturated carbocycles. The molecule has 2 aliphatic heterocycles. The van der Waals surface area contributed by atoms with Gasteiger partial charge in [0.2, 0.25) is 0 Å². The summed E-state index contributed by atoms with van der Waals surface area (Å²) in [5.41, 5.74) is 1.46. The highest BCUT2D eigenvalue weighted by Crippen LogP contribution is 2.31. The molecule has 0 saturated heterocycles. The van der Waals surface area contributed by atoms with Gasteiger partial charge in [0.1, 0.15) is 12.4 Å². The van der Waals surface area contributed by atoms with Gasteiger partial charge in [-0.05, 0) is 48.4 Å². The molecule has 0 unspecified atom stereocenters. The number of nitro groups is 1. The molecule has 0 aromatic heterocycles. The van der Waals surface area contributed by atoms with Crippen molar-refractivity contribution < 1.29 is 24.0 Å². The Morgan fingerprint density at radius 2 is 1.97 bits per heavy atom. The van der Waals surface area contributed by atoms with Gasteiger partial charge in [-0.25, -0.2) is 0 Å². The number of carbonyl (C=O) groups excluding carboxylic acids is 1. The van der Waals surface area contributed by atoms with E-state index in [1.807, 2.05) is 0 Å². The average molecular weight is 434 g/mol. The molecule has 0 radical (unpaired) electrons. The van der Waals surface area contributed by atoms with Gasteiger partial charge in [0.25, 0.3) is 11.6 Å². The summed E-state index contributed by atoms with van der Waals surface area (Å²) < 4.78 is 11.2. The Bertz CT molecular complexity index is 1210. The summed E-state index contributed by atoms with van der Waals surface area (Å²) in [6.45, 7) is 1.90. The lowest BCUT2D eigenvalue weighted by Crippen LogP contribution is -2.38. The zero-order valence-corrected chi connectivity index (χ0v) is 17.2. The van der Waals surface area contributed by atoms with Crippen molar-refractivity contribution in [2.45, 2.75) is 13.5 Å². The molecular formula is C22H18N4O6. The first-order valence-electron chi connectivity index (χ1n) is 9.50. The molecule has 0 aliphatic carbocycles. The highest BCUT2D eigenvalue weighted by atomic mass is 16.7.